The number of nitrogens with zero attached hydrogens (tertiary/aromatic N) is 8. The molecular weight excluding hydrogens is 1290 g/mol. The van der Waals surface area contributed by atoms with Gasteiger partial charge in [-0.1, -0.05) is 37.3 Å². The van der Waals surface area contributed by atoms with E-state index in [1.165, 1.54) is 42.5 Å². The van der Waals surface area contributed by atoms with Crippen LogP contribution in [0.1, 0.15) is 30.9 Å². The number of aryl methyl sites for hydroxylation is 2. The van der Waals surface area contributed by atoms with Crippen LogP contribution in [0, 0.1) is 13.8 Å². The number of phenols is 3. The summed E-state index contributed by atoms with van der Waals surface area (Å²) < 4.78 is 190. The molecule has 8 rings (SSSR count). The topological polar surface area (TPSA) is 521 Å². The molecule has 32 nitrogen and oxygen atoms in total. The van der Waals surface area contributed by atoms with Crippen LogP contribution in [-0.4, -0.2) is 111 Å². The highest BCUT2D eigenvalue weighted by Crippen LogP contribution is 2.47. The zero-order valence-corrected chi connectivity index (χ0v) is 50.1. The third kappa shape index (κ3) is 19.7. The van der Waals surface area contributed by atoms with Crippen molar-refractivity contribution in [3.8, 4) is 28.7 Å². The standard InChI is InChI=1S/C50H45N9O14S3.3O3S/c1-4-18-72-40-16-6-27(2)21-38(40)56-55-36-14-9-29-23-32(12-13-34(29)48(36)60)52-54-37-15-10-31-25-42(75(66,67)68)46(45(51)44(31)50(37)62)58-53-33-11-8-30-24-43(76(69,70)71)47(49(61)35(30)26-33)59-57-39-22-28(3)7-17-41(39)73-19-5-20-74(63,64)65;3*1-4(2)3/h6-17,21-26,60-62H,4-5,18-20,51H2,1-3H3,(H,63,64,65)(H,66,67,68)(H,69,70,71);;;. The van der Waals surface area contributed by atoms with Gasteiger partial charge in [0.25, 0.3) is 30.4 Å². The molecule has 8 N–H and O–H groups in total. The van der Waals surface area contributed by atoms with Gasteiger partial charge in [-0.15, -0.1) is 68.6 Å². The van der Waals surface area contributed by atoms with Crippen molar-refractivity contribution in [2.45, 2.75) is 43.4 Å². The van der Waals surface area contributed by atoms with Gasteiger partial charge in [-0.25, -0.2) is 0 Å². The average Bonchev–Trinajstić information content (AvgIpc) is 1.04. The summed E-state index contributed by atoms with van der Waals surface area (Å²) in [5, 5.41) is 68.2. The summed E-state index contributed by atoms with van der Waals surface area (Å²) in [6, 6.07) is 26.8. The van der Waals surface area contributed by atoms with Gasteiger partial charge in [-0.05, 0) is 133 Å². The number of aromatic hydroxyl groups is 3. The molecule has 0 aliphatic heterocycles. The Morgan fingerprint density at radius 2 is 0.886 bits per heavy atom. The van der Waals surface area contributed by atoms with E-state index in [1.807, 2.05) is 32.0 Å². The summed E-state index contributed by atoms with van der Waals surface area (Å²) in [6.07, 6.45) is 0.717. The first-order chi connectivity index (χ1) is 41.2. The summed E-state index contributed by atoms with van der Waals surface area (Å²) in [6.45, 7) is 5.93. The number of hydrogen-bond acceptors (Lipinski definition) is 29. The highest BCUT2D eigenvalue weighted by atomic mass is 32.2. The average molecular weight is 1330 g/mol. The number of phenolic OH excluding ortho intramolecular Hbond substituents is 3. The minimum Gasteiger partial charge on any atom is -0.505 e. The maximum Gasteiger partial charge on any atom is 0.425 e. The molecule has 0 saturated heterocycles. The van der Waals surface area contributed by atoms with E-state index >= 15 is 0 Å². The van der Waals surface area contributed by atoms with Crippen molar-refractivity contribution in [3.63, 3.8) is 0 Å². The number of benzene rings is 8. The number of ether oxygens (including phenoxy) is 2. The van der Waals surface area contributed by atoms with Crippen LogP contribution in [0.25, 0.3) is 32.3 Å². The Balaban J connectivity index is 0.00000108. The zero-order valence-electron chi connectivity index (χ0n) is 45.2. The minimum atomic E-state index is -5.06. The van der Waals surface area contributed by atoms with Crippen molar-refractivity contribution in [2.75, 3.05) is 24.7 Å². The molecule has 8 aromatic rings. The predicted octanol–water partition coefficient (Wildman–Crippen LogP) is 10.1. The van der Waals surface area contributed by atoms with Crippen LogP contribution >= 0.6 is 0 Å². The Kier molecular flexibility index (Phi) is 23.6. The van der Waals surface area contributed by atoms with Crippen molar-refractivity contribution in [1.82, 2.24) is 0 Å². The number of nitrogens with two attached hydrogens (primary N) is 1. The van der Waals surface area contributed by atoms with Crippen molar-refractivity contribution < 1.29 is 102 Å². The lowest BCUT2D eigenvalue weighted by atomic mass is 10.1. The summed E-state index contributed by atoms with van der Waals surface area (Å²) >= 11 is 0. The Hall–Kier alpha value is -9.67. The van der Waals surface area contributed by atoms with Gasteiger partial charge in [-0.3, -0.25) is 13.7 Å². The van der Waals surface area contributed by atoms with Crippen LogP contribution < -0.4 is 15.2 Å². The maximum absolute atomic E-state index is 12.7. The monoisotopic (exact) mass is 1330 g/mol. The quantitative estimate of drug-likeness (QED) is 0.0182. The second kappa shape index (κ2) is 30.1. The van der Waals surface area contributed by atoms with Crippen molar-refractivity contribution in [1.29, 1.82) is 0 Å². The number of anilines is 1. The highest BCUT2D eigenvalue weighted by Gasteiger charge is 2.25. The molecule has 0 aliphatic carbocycles. The summed E-state index contributed by atoms with van der Waals surface area (Å²) in [7, 11) is -23.7. The molecule has 0 radical (unpaired) electrons. The molecule has 0 saturated carbocycles. The molecule has 38 heteroatoms. The lowest BCUT2D eigenvalue weighted by Gasteiger charge is -2.12. The molecule has 0 bridgehead atoms. The fourth-order valence-electron chi connectivity index (χ4n) is 7.68. The van der Waals surface area contributed by atoms with E-state index in [-0.39, 0.29) is 68.8 Å². The molecule has 0 fully saturated rings. The molecule has 0 aromatic heterocycles. The molecular formula is C50H45N9O23S6. The predicted molar refractivity (Wildman–Crippen MR) is 311 cm³/mol. The number of fused-ring (bicyclic) bond motifs is 3. The zero-order chi connectivity index (χ0) is 65.4. The van der Waals surface area contributed by atoms with Crippen LogP contribution in [0.3, 0.4) is 0 Å². The Labute approximate surface area is 502 Å². The number of azo groups is 4. The van der Waals surface area contributed by atoms with E-state index in [2.05, 4.69) is 40.9 Å². The largest absolute Gasteiger partial charge is 0.505 e. The molecule has 0 unspecified atom stereocenters. The van der Waals surface area contributed by atoms with Crippen molar-refractivity contribution in [3.05, 3.63) is 120 Å². The summed E-state index contributed by atoms with van der Waals surface area (Å²) in [4.78, 5) is -1.63. The first kappa shape index (κ1) is 69.1. The van der Waals surface area contributed by atoms with E-state index in [9.17, 15) is 49.7 Å². The Morgan fingerprint density at radius 1 is 0.455 bits per heavy atom. The molecule has 0 aliphatic rings. The number of rotatable bonds is 18. The molecule has 464 valence electrons. The first-order valence-corrected chi connectivity index (χ1v) is 31.7. The first-order valence-electron chi connectivity index (χ1n) is 24.2. The van der Waals surface area contributed by atoms with Gasteiger partial charge >= 0.3 is 31.8 Å². The van der Waals surface area contributed by atoms with Gasteiger partial charge < -0.3 is 30.5 Å². The smallest absolute Gasteiger partial charge is 0.425 e. The van der Waals surface area contributed by atoms with Gasteiger partial charge in [0.2, 0.25) is 0 Å². The minimum absolute atomic E-state index is 0.0208. The van der Waals surface area contributed by atoms with Crippen molar-refractivity contribution in [2.24, 2.45) is 40.9 Å². The Bertz CT molecular complexity index is 4800. The van der Waals surface area contributed by atoms with E-state index in [4.69, 9.17) is 57.6 Å². The fourth-order valence-corrected chi connectivity index (χ4v) is 9.49. The van der Waals surface area contributed by atoms with Gasteiger partial charge in [0.05, 0.1) is 41.4 Å². The second-order valence-corrected chi connectivity index (χ2v) is 23.2. The summed E-state index contributed by atoms with van der Waals surface area (Å²) in [5.74, 6) is -1.42. The highest BCUT2D eigenvalue weighted by molar-refractivity contribution is 7.86. The number of hydrogen-bond donors (Lipinski definition) is 7. The molecule has 0 spiro atoms. The second-order valence-electron chi connectivity index (χ2n) is 17.6. The third-order valence-electron chi connectivity index (χ3n) is 11.3. The third-order valence-corrected chi connectivity index (χ3v) is 13.9. The molecule has 88 heavy (non-hydrogen) atoms. The van der Waals surface area contributed by atoms with E-state index < -0.39 is 106 Å². The Morgan fingerprint density at radius 3 is 1.44 bits per heavy atom. The van der Waals surface area contributed by atoms with Gasteiger partial charge in [0.15, 0.2) is 17.2 Å². The van der Waals surface area contributed by atoms with E-state index in [1.54, 1.807) is 43.3 Å². The molecule has 8 aromatic carbocycles. The normalized spacial score (nSPS) is 11.8. The van der Waals surface area contributed by atoms with Crippen LogP contribution in [0.2, 0.25) is 0 Å². The maximum atomic E-state index is 12.7. The lowest BCUT2D eigenvalue weighted by Crippen LogP contribution is -2.08. The lowest BCUT2D eigenvalue weighted by molar-refractivity contribution is 0.317. The fraction of sp³-hybridized carbons (Fsp3) is 0.160. The van der Waals surface area contributed by atoms with Crippen LogP contribution in [0.15, 0.2) is 160 Å². The molecule has 0 atom stereocenters. The van der Waals surface area contributed by atoms with Crippen LogP contribution in [0.4, 0.5) is 51.2 Å². The molecule has 0 amide bonds. The van der Waals surface area contributed by atoms with E-state index in [0.717, 1.165) is 24.1 Å². The SMILES string of the molecule is CCCOc1ccc(C)cc1N=Nc1ccc2cc(N=Nc3ccc4cc(S(=O)(=O)O)c(N=Nc5ccc6cc(S(=O)(=O)O)c(N=Nc7cc(C)ccc7OCCCS(=O)(=O)O)c(O)c6c5)c(N)c4c3O)ccc2c1O.O=S(=O)=O.O=S(=O)=O.O=S(=O)=O. The molecule has 0 heterocycles. The van der Waals surface area contributed by atoms with Crippen LogP contribution in [-0.2, 0) is 62.2 Å². The van der Waals surface area contributed by atoms with E-state index in [0.29, 0.717) is 40.1 Å². The number of nitrogen functional groups attached to an aromatic ring is 1. The van der Waals surface area contributed by atoms with Crippen molar-refractivity contribution >= 4 is 146 Å². The summed E-state index contributed by atoms with van der Waals surface area (Å²) in [5.41, 5.74) is 7.17. The van der Waals surface area contributed by atoms with Gasteiger partial charge in [0.1, 0.15) is 55.4 Å². The van der Waals surface area contributed by atoms with Gasteiger partial charge in [-0.2, -0.15) is 35.5 Å². The van der Waals surface area contributed by atoms with Crippen LogP contribution in [0.5, 0.6) is 28.7 Å². The van der Waals surface area contributed by atoms with Gasteiger partial charge in [0, 0.05) is 10.8 Å².